The third kappa shape index (κ3) is 40.8. The maximum Gasteiger partial charge on any atom is 0.306 e. The van der Waals surface area contributed by atoms with Gasteiger partial charge in [0, 0.05) is 19.3 Å². The largest absolute Gasteiger partial charge is 0.462 e. The third-order valence-corrected chi connectivity index (χ3v) is 9.90. The minimum Gasteiger partial charge on any atom is -0.462 e. The van der Waals surface area contributed by atoms with Crippen LogP contribution in [0.2, 0.25) is 0 Å². The van der Waals surface area contributed by atoms with E-state index in [0.29, 0.717) is 19.3 Å². The summed E-state index contributed by atoms with van der Waals surface area (Å²) in [6.07, 6.45) is 49.1. The Morgan fingerprint density at radius 1 is 0.370 bits per heavy atom. The molecular formula is C48H86O6. The van der Waals surface area contributed by atoms with E-state index >= 15 is 0 Å². The Hall–Kier alpha value is -2.37. The molecule has 0 rings (SSSR count). The highest BCUT2D eigenvalue weighted by atomic mass is 16.6. The number of hydrogen-bond donors (Lipinski definition) is 0. The molecule has 0 N–H and O–H groups in total. The Bertz CT molecular complexity index is 922. The quantitative estimate of drug-likeness (QED) is 0.0267. The standard InChI is InChI=1S/C48H86O6/c1-4-7-10-13-15-16-17-18-19-20-21-22-23-24-25-26-27-28-29-30-31-32-33-36-38-41-47(50)53-44-45(43-52-46(49)40-37-34-12-9-6-3)54-48(51)42-39-35-14-11-8-5-2/h17-18,20-21,23-24,45H,4-16,19,22,25-44H2,1-3H3/b18-17-,21-20-,24-23-. The van der Waals surface area contributed by atoms with E-state index in [-0.39, 0.29) is 31.1 Å². The molecule has 0 radical (unpaired) electrons. The summed E-state index contributed by atoms with van der Waals surface area (Å²) < 4.78 is 16.5. The van der Waals surface area contributed by atoms with E-state index in [1.807, 2.05) is 0 Å². The molecule has 0 aromatic rings. The van der Waals surface area contributed by atoms with Crippen molar-refractivity contribution in [2.45, 2.75) is 239 Å². The lowest BCUT2D eigenvalue weighted by Gasteiger charge is -2.18. The molecule has 0 amide bonds. The zero-order valence-electron chi connectivity index (χ0n) is 35.7. The second-order valence-electron chi connectivity index (χ2n) is 15.3. The molecule has 314 valence electrons. The Morgan fingerprint density at radius 3 is 1.04 bits per heavy atom. The first-order valence-corrected chi connectivity index (χ1v) is 23.0. The minimum absolute atomic E-state index is 0.0734. The topological polar surface area (TPSA) is 78.9 Å². The third-order valence-electron chi connectivity index (χ3n) is 9.90. The van der Waals surface area contributed by atoms with Gasteiger partial charge in [-0.15, -0.1) is 0 Å². The molecule has 1 atom stereocenters. The van der Waals surface area contributed by atoms with Gasteiger partial charge >= 0.3 is 17.9 Å². The number of carbonyl (C=O) groups excluding carboxylic acids is 3. The van der Waals surface area contributed by atoms with E-state index in [9.17, 15) is 14.4 Å². The predicted octanol–water partition coefficient (Wildman–Crippen LogP) is 14.6. The summed E-state index contributed by atoms with van der Waals surface area (Å²) in [6, 6.07) is 0. The Kier molecular flexibility index (Phi) is 41.5. The minimum atomic E-state index is -0.762. The van der Waals surface area contributed by atoms with Crippen LogP contribution in [0.4, 0.5) is 0 Å². The summed E-state index contributed by atoms with van der Waals surface area (Å²) in [5.74, 6) is -0.901. The number of esters is 3. The molecule has 54 heavy (non-hydrogen) atoms. The van der Waals surface area contributed by atoms with Gasteiger partial charge in [-0.05, 0) is 57.8 Å². The van der Waals surface area contributed by atoms with Gasteiger partial charge in [0.25, 0.3) is 0 Å². The molecule has 0 bridgehead atoms. The van der Waals surface area contributed by atoms with Crippen LogP contribution < -0.4 is 0 Å². The molecule has 1 unspecified atom stereocenters. The normalized spacial score (nSPS) is 12.3. The zero-order valence-corrected chi connectivity index (χ0v) is 35.7. The van der Waals surface area contributed by atoms with Crippen molar-refractivity contribution in [3.8, 4) is 0 Å². The number of hydrogen-bond acceptors (Lipinski definition) is 6. The monoisotopic (exact) mass is 759 g/mol. The molecule has 0 aliphatic carbocycles. The fourth-order valence-electron chi connectivity index (χ4n) is 6.39. The van der Waals surface area contributed by atoms with Crippen LogP contribution >= 0.6 is 0 Å². The van der Waals surface area contributed by atoms with Gasteiger partial charge in [0.05, 0.1) is 0 Å². The fourth-order valence-corrected chi connectivity index (χ4v) is 6.39. The Balaban J connectivity index is 3.96. The average Bonchev–Trinajstić information content (AvgIpc) is 3.17. The maximum atomic E-state index is 12.5. The average molecular weight is 759 g/mol. The van der Waals surface area contributed by atoms with Crippen LogP contribution in [0.1, 0.15) is 233 Å². The van der Waals surface area contributed by atoms with Crippen LogP contribution in [0.5, 0.6) is 0 Å². The van der Waals surface area contributed by atoms with Gasteiger partial charge in [0.15, 0.2) is 6.10 Å². The second-order valence-corrected chi connectivity index (χ2v) is 15.3. The van der Waals surface area contributed by atoms with Crippen LogP contribution in [0.15, 0.2) is 36.5 Å². The van der Waals surface area contributed by atoms with Crippen LogP contribution in [0.3, 0.4) is 0 Å². The molecular weight excluding hydrogens is 673 g/mol. The van der Waals surface area contributed by atoms with Crippen molar-refractivity contribution in [3.05, 3.63) is 36.5 Å². The number of ether oxygens (including phenoxy) is 3. The van der Waals surface area contributed by atoms with E-state index in [4.69, 9.17) is 14.2 Å². The molecule has 6 heteroatoms. The first-order chi connectivity index (χ1) is 26.5. The van der Waals surface area contributed by atoms with Crippen LogP contribution in [-0.4, -0.2) is 37.2 Å². The van der Waals surface area contributed by atoms with Crippen molar-refractivity contribution < 1.29 is 28.6 Å². The maximum absolute atomic E-state index is 12.5. The van der Waals surface area contributed by atoms with Gasteiger partial charge in [-0.2, -0.15) is 0 Å². The van der Waals surface area contributed by atoms with Crippen molar-refractivity contribution in [2.75, 3.05) is 13.2 Å². The molecule has 0 saturated heterocycles. The predicted molar refractivity (Wildman–Crippen MR) is 229 cm³/mol. The van der Waals surface area contributed by atoms with E-state index in [1.165, 1.54) is 116 Å². The molecule has 0 spiro atoms. The van der Waals surface area contributed by atoms with E-state index < -0.39 is 6.10 Å². The molecule has 0 aromatic carbocycles. The molecule has 0 saturated carbocycles. The van der Waals surface area contributed by atoms with Gasteiger partial charge in [-0.1, -0.05) is 192 Å². The molecule has 0 heterocycles. The lowest BCUT2D eigenvalue weighted by molar-refractivity contribution is -0.167. The first-order valence-electron chi connectivity index (χ1n) is 23.0. The van der Waals surface area contributed by atoms with Crippen molar-refractivity contribution >= 4 is 17.9 Å². The summed E-state index contributed by atoms with van der Waals surface area (Å²) in [5, 5.41) is 0. The summed E-state index contributed by atoms with van der Waals surface area (Å²) in [5.41, 5.74) is 0. The van der Waals surface area contributed by atoms with E-state index in [0.717, 1.165) is 77.0 Å². The molecule has 0 aromatic heterocycles. The van der Waals surface area contributed by atoms with Crippen LogP contribution in [-0.2, 0) is 28.6 Å². The summed E-state index contributed by atoms with van der Waals surface area (Å²) in [4.78, 5) is 37.2. The number of allylic oxidation sites excluding steroid dienone is 6. The van der Waals surface area contributed by atoms with Crippen LogP contribution in [0.25, 0.3) is 0 Å². The molecule has 0 aliphatic heterocycles. The number of rotatable bonds is 41. The van der Waals surface area contributed by atoms with Crippen LogP contribution in [0, 0.1) is 0 Å². The highest BCUT2D eigenvalue weighted by Crippen LogP contribution is 2.14. The van der Waals surface area contributed by atoms with Gasteiger partial charge in [0.2, 0.25) is 0 Å². The Labute approximate surface area is 334 Å². The SMILES string of the molecule is CCCCCCC/C=C\C/C=C\C/C=C\CCCCCCCCCCCCC(=O)OCC(COC(=O)CCCCCCC)OC(=O)CCCCCCCC. The first kappa shape index (κ1) is 51.6. The lowest BCUT2D eigenvalue weighted by Crippen LogP contribution is -2.30. The highest BCUT2D eigenvalue weighted by Gasteiger charge is 2.19. The van der Waals surface area contributed by atoms with Crippen molar-refractivity contribution in [1.82, 2.24) is 0 Å². The summed E-state index contributed by atoms with van der Waals surface area (Å²) >= 11 is 0. The number of unbranched alkanes of at least 4 members (excludes halogenated alkanes) is 24. The number of carbonyl (C=O) groups is 3. The van der Waals surface area contributed by atoms with Crippen molar-refractivity contribution in [2.24, 2.45) is 0 Å². The zero-order chi connectivity index (χ0) is 39.4. The van der Waals surface area contributed by atoms with Gasteiger partial charge in [0.1, 0.15) is 13.2 Å². The fraction of sp³-hybridized carbons (Fsp3) is 0.812. The molecule has 6 nitrogen and oxygen atoms in total. The smallest absolute Gasteiger partial charge is 0.306 e. The summed E-state index contributed by atoms with van der Waals surface area (Å²) in [7, 11) is 0. The Morgan fingerprint density at radius 2 is 0.667 bits per heavy atom. The van der Waals surface area contributed by atoms with Gasteiger partial charge in [-0.25, -0.2) is 0 Å². The summed E-state index contributed by atoms with van der Waals surface area (Å²) in [6.45, 7) is 6.47. The second kappa shape index (κ2) is 43.4. The lowest BCUT2D eigenvalue weighted by atomic mass is 10.1. The van der Waals surface area contributed by atoms with E-state index in [2.05, 4.69) is 57.2 Å². The van der Waals surface area contributed by atoms with Gasteiger partial charge < -0.3 is 14.2 Å². The highest BCUT2D eigenvalue weighted by molar-refractivity contribution is 5.71. The molecule has 0 fully saturated rings. The van der Waals surface area contributed by atoms with Crippen molar-refractivity contribution in [1.29, 1.82) is 0 Å². The van der Waals surface area contributed by atoms with E-state index in [1.54, 1.807) is 0 Å². The van der Waals surface area contributed by atoms with Crippen molar-refractivity contribution in [3.63, 3.8) is 0 Å². The molecule has 0 aliphatic rings. The van der Waals surface area contributed by atoms with Gasteiger partial charge in [-0.3, -0.25) is 14.4 Å².